The molecule has 0 saturated carbocycles. The zero-order valence-electron chi connectivity index (χ0n) is 10.4. The van der Waals surface area contributed by atoms with Crippen LogP contribution in [0.25, 0.3) is 0 Å². The maximum atomic E-state index is 5.86. The van der Waals surface area contributed by atoms with Gasteiger partial charge in [0.1, 0.15) is 11.6 Å². The van der Waals surface area contributed by atoms with Gasteiger partial charge in [0.15, 0.2) is 0 Å². The van der Waals surface area contributed by atoms with Crippen LogP contribution < -0.4 is 10.2 Å². The predicted octanol–water partition coefficient (Wildman–Crippen LogP) is 2.81. The molecule has 0 bridgehead atoms. The summed E-state index contributed by atoms with van der Waals surface area (Å²) >= 11 is 5.86. The molecule has 0 aliphatic rings. The molecule has 1 N–H and O–H groups in total. The molecule has 0 aliphatic heterocycles. The van der Waals surface area contributed by atoms with Crippen molar-refractivity contribution in [2.75, 3.05) is 24.3 Å². The van der Waals surface area contributed by atoms with E-state index in [0.717, 1.165) is 23.2 Å². The van der Waals surface area contributed by atoms with E-state index in [1.807, 2.05) is 43.3 Å². The third-order valence-electron chi connectivity index (χ3n) is 2.60. The van der Waals surface area contributed by atoms with Crippen LogP contribution in [0.3, 0.4) is 0 Å². The highest BCUT2D eigenvalue weighted by Crippen LogP contribution is 2.15. The summed E-state index contributed by atoms with van der Waals surface area (Å²) in [6, 6.07) is 7.79. The summed E-state index contributed by atoms with van der Waals surface area (Å²) < 4.78 is 0. The molecule has 2 rings (SSSR count). The molecule has 0 unspecified atom stereocenters. The number of rotatable bonds is 4. The minimum Gasteiger partial charge on any atom is -0.372 e. The summed E-state index contributed by atoms with van der Waals surface area (Å²) in [6.45, 7) is 0.763. The lowest BCUT2D eigenvalue weighted by atomic mass is 10.2. The second-order valence-corrected chi connectivity index (χ2v) is 4.43. The van der Waals surface area contributed by atoms with Crippen LogP contribution >= 0.6 is 11.6 Å². The number of halogens is 1. The number of hydrogen-bond donors (Lipinski definition) is 1. The molecule has 0 atom stereocenters. The zero-order valence-corrected chi connectivity index (χ0v) is 11.1. The molecule has 0 fully saturated rings. The van der Waals surface area contributed by atoms with Gasteiger partial charge in [0, 0.05) is 25.7 Å². The summed E-state index contributed by atoms with van der Waals surface area (Å²) in [6.07, 6.45) is 3.44. The molecule has 5 heteroatoms. The Hall–Kier alpha value is -1.81. The lowest BCUT2D eigenvalue weighted by Crippen LogP contribution is -2.18. The SMILES string of the molecule is CNc1cncc(N(C)Cc2ccc(Cl)cc2)n1. The fraction of sp³-hybridized carbons (Fsp3) is 0.231. The smallest absolute Gasteiger partial charge is 0.149 e. The van der Waals surface area contributed by atoms with Crippen LogP contribution in [0, 0.1) is 0 Å². The minimum absolute atomic E-state index is 0.748. The van der Waals surface area contributed by atoms with Gasteiger partial charge in [-0.1, -0.05) is 23.7 Å². The average Bonchev–Trinajstić information content (AvgIpc) is 2.41. The summed E-state index contributed by atoms with van der Waals surface area (Å²) in [4.78, 5) is 10.6. The van der Waals surface area contributed by atoms with Crippen molar-refractivity contribution in [3.8, 4) is 0 Å². The first-order valence-corrected chi connectivity index (χ1v) is 6.02. The molecule has 0 saturated heterocycles. The van der Waals surface area contributed by atoms with Crippen molar-refractivity contribution in [1.82, 2.24) is 9.97 Å². The van der Waals surface area contributed by atoms with Crippen LogP contribution in [0.15, 0.2) is 36.7 Å². The second kappa shape index (κ2) is 5.69. The normalized spacial score (nSPS) is 10.2. The van der Waals surface area contributed by atoms with E-state index in [4.69, 9.17) is 11.6 Å². The van der Waals surface area contributed by atoms with Crippen molar-refractivity contribution in [3.05, 3.63) is 47.2 Å². The van der Waals surface area contributed by atoms with E-state index in [-0.39, 0.29) is 0 Å². The van der Waals surface area contributed by atoms with Gasteiger partial charge in [-0.05, 0) is 17.7 Å². The van der Waals surface area contributed by atoms with Crippen molar-refractivity contribution in [1.29, 1.82) is 0 Å². The maximum absolute atomic E-state index is 5.86. The molecule has 1 aromatic carbocycles. The standard InChI is InChI=1S/C13H15ClN4/c1-15-12-7-16-8-13(17-12)18(2)9-10-3-5-11(14)6-4-10/h3-8H,9H2,1-2H3,(H,15,17). The average molecular weight is 263 g/mol. The lowest BCUT2D eigenvalue weighted by molar-refractivity contribution is 0.891. The molecule has 0 amide bonds. The van der Waals surface area contributed by atoms with Crippen molar-refractivity contribution < 1.29 is 0 Å². The largest absolute Gasteiger partial charge is 0.372 e. The first-order chi connectivity index (χ1) is 8.69. The van der Waals surface area contributed by atoms with Gasteiger partial charge < -0.3 is 10.2 Å². The van der Waals surface area contributed by atoms with Crippen molar-refractivity contribution in [3.63, 3.8) is 0 Å². The Bertz CT molecular complexity index is 513. The Balaban J connectivity index is 2.11. The number of aromatic nitrogens is 2. The maximum Gasteiger partial charge on any atom is 0.149 e. The molecule has 0 radical (unpaired) electrons. The van der Waals surface area contributed by atoms with Gasteiger partial charge in [0.25, 0.3) is 0 Å². The monoisotopic (exact) mass is 262 g/mol. The van der Waals surface area contributed by atoms with Gasteiger partial charge >= 0.3 is 0 Å². The number of benzene rings is 1. The third-order valence-corrected chi connectivity index (χ3v) is 2.85. The van der Waals surface area contributed by atoms with E-state index >= 15 is 0 Å². The number of hydrogen-bond acceptors (Lipinski definition) is 4. The molecule has 0 spiro atoms. The molecular formula is C13H15ClN4. The summed E-state index contributed by atoms with van der Waals surface area (Å²) in [5.74, 6) is 1.59. The topological polar surface area (TPSA) is 41.1 Å². The van der Waals surface area contributed by atoms with E-state index in [2.05, 4.69) is 15.3 Å². The highest BCUT2D eigenvalue weighted by atomic mass is 35.5. The molecule has 4 nitrogen and oxygen atoms in total. The van der Waals surface area contributed by atoms with Crippen LogP contribution in [0.4, 0.5) is 11.6 Å². The van der Waals surface area contributed by atoms with Crippen LogP contribution in [0.5, 0.6) is 0 Å². The van der Waals surface area contributed by atoms with E-state index in [0.29, 0.717) is 0 Å². The minimum atomic E-state index is 0.748. The number of nitrogens with zero attached hydrogens (tertiary/aromatic N) is 3. The molecule has 94 valence electrons. The Morgan fingerprint density at radius 2 is 1.94 bits per heavy atom. The highest BCUT2D eigenvalue weighted by molar-refractivity contribution is 6.30. The quantitative estimate of drug-likeness (QED) is 0.920. The third kappa shape index (κ3) is 3.11. The van der Waals surface area contributed by atoms with Gasteiger partial charge in [-0.25, -0.2) is 4.98 Å². The molecule has 1 heterocycles. The van der Waals surface area contributed by atoms with Crippen LogP contribution in [-0.4, -0.2) is 24.1 Å². The van der Waals surface area contributed by atoms with E-state index in [1.54, 1.807) is 12.4 Å². The van der Waals surface area contributed by atoms with Gasteiger partial charge in [-0.15, -0.1) is 0 Å². The number of nitrogens with one attached hydrogen (secondary N) is 1. The van der Waals surface area contributed by atoms with Gasteiger partial charge in [-0.2, -0.15) is 0 Å². The van der Waals surface area contributed by atoms with Crippen molar-refractivity contribution >= 4 is 23.2 Å². The summed E-state index contributed by atoms with van der Waals surface area (Å²) in [5, 5.41) is 3.72. The van der Waals surface area contributed by atoms with Gasteiger partial charge in [0.2, 0.25) is 0 Å². The van der Waals surface area contributed by atoms with Gasteiger partial charge in [0.05, 0.1) is 12.4 Å². The first-order valence-electron chi connectivity index (χ1n) is 5.64. The Labute approximate surface area is 112 Å². The number of anilines is 2. The second-order valence-electron chi connectivity index (χ2n) is 4.00. The first kappa shape index (κ1) is 12.6. The molecule has 18 heavy (non-hydrogen) atoms. The Morgan fingerprint density at radius 1 is 1.22 bits per heavy atom. The van der Waals surface area contributed by atoms with Crippen molar-refractivity contribution in [2.45, 2.75) is 6.54 Å². The van der Waals surface area contributed by atoms with E-state index in [9.17, 15) is 0 Å². The van der Waals surface area contributed by atoms with Crippen molar-refractivity contribution in [2.24, 2.45) is 0 Å². The fourth-order valence-corrected chi connectivity index (χ4v) is 1.73. The Morgan fingerprint density at radius 3 is 2.61 bits per heavy atom. The van der Waals surface area contributed by atoms with Gasteiger partial charge in [-0.3, -0.25) is 4.98 Å². The summed E-state index contributed by atoms with van der Waals surface area (Å²) in [7, 11) is 3.81. The van der Waals surface area contributed by atoms with Crippen LogP contribution in [0.1, 0.15) is 5.56 Å². The van der Waals surface area contributed by atoms with E-state index < -0.39 is 0 Å². The van der Waals surface area contributed by atoms with E-state index in [1.165, 1.54) is 5.56 Å². The summed E-state index contributed by atoms with van der Waals surface area (Å²) in [5.41, 5.74) is 1.18. The predicted molar refractivity (Wildman–Crippen MR) is 75.1 cm³/mol. The molecular weight excluding hydrogens is 248 g/mol. The zero-order chi connectivity index (χ0) is 13.0. The Kier molecular flexibility index (Phi) is 3.99. The van der Waals surface area contributed by atoms with Crippen LogP contribution in [0.2, 0.25) is 5.02 Å². The lowest BCUT2D eigenvalue weighted by Gasteiger charge is -2.18. The molecule has 1 aromatic heterocycles. The van der Waals surface area contributed by atoms with Crippen LogP contribution in [-0.2, 0) is 6.54 Å². The highest BCUT2D eigenvalue weighted by Gasteiger charge is 2.05. The fourth-order valence-electron chi connectivity index (χ4n) is 1.60. The molecule has 0 aliphatic carbocycles. The molecule has 2 aromatic rings.